The van der Waals surface area contributed by atoms with Crippen molar-refractivity contribution in [2.45, 2.75) is 19.5 Å². The maximum absolute atomic E-state index is 12.9. The molecule has 1 unspecified atom stereocenters. The summed E-state index contributed by atoms with van der Waals surface area (Å²) in [6.07, 6.45) is 0. The van der Waals surface area contributed by atoms with Gasteiger partial charge in [0.25, 0.3) is 0 Å². The van der Waals surface area contributed by atoms with E-state index in [0.29, 0.717) is 16.5 Å². The molecule has 158 valence electrons. The van der Waals surface area contributed by atoms with Crippen LogP contribution in [0.25, 0.3) is 11.0 Å². The molecule has 2 N–H and O–H groups in total. The zero-order valence-electron chi connectivity index (χ0n) is 16.2. The summed E-state index contributed by atoms with van der Waals surface area (Å²) in [6.45, 7) is -1.18. The van der Waals surface area contributed by atoms with Crippen LogP contribution in [0.1, 0.15) is 24.0 Å². The highest BCUT2D eigenvalue weighted by Gasteiger charge is 2.36. The van der Waals surface area contributed by atoms with Crippen LogP contribution in [0.4, 0.5) is 8.78 Å². The highest BCUT2D eigenvalue weighted by atomic mass is 19.3. The molecule has 1 aliphatic rings. The first kappa shape index (κ1) is 20.2. The summed E-state index contributed by atoms with van der Waals surface area (Å²) in [5.74, 6) is -1.07. The topological polar surface area (TPSA) is 108 Å². The Morgan fingerprint density at radius 3 is 2.71 bits per heavy atom. The first-order chi connectivity index (χ1) is 14.9. The number of ether oxygens (including phenoxy) is 3. The summed E-state index contributed by atoms with van der Waals surface area (Å²) in [6, 6.07) is 12.9. The standard InChI is InChI=1S/C22H16F2N2O5/c1-2-28-16-9-11(7-8-15(16)30-22(23)24)17-13(10-25)20(26)31-19-12-5-3-4-6-14(12)29-21(27)18(17)19/h3-9,17,22H,2,26H2,1H3. The quantitative estimate of drug-likeness (QED) is 0.614. The van der Waals surface area contributed by atoms with Gasteiger partial charge in [-0.3, -0.25) is 0 Å². The number of allylic oxidation sites excluding steroid dienone is 1. The Morgan fingerprint density at radius 2 is 2.00 bits per heavy atom. The van der Waals surface area contributed by atoms with E-state index < -0.39 is 18.2 Å². The van der Waals surface area contributed by atoms with Crippen molar-refractivity contribution in [1.29, 1.82) is 5.26 Å². The smallest absolute Gasteiger partial charge is 0.387 e. The van der Waals surface area contributed by atoms with Gasteiger partial charge < -0.3 is 24.4 Å². The van der Waals surface area contributed by atoms with Crippen LogP contribution in [0.3, 0.4) is 0 Å². The number of hydrogen-bond acceptors (Lipinski definition) is 7. The van der Waals surface area contributed by atoms with E-state index in [4.69, 9.17) is 19.6 Å². The molecule has 0 bridgehead atoms. The number of rotatable bonds is 5. The van der Waals surface area contributed by atoms with Crippen LogP contribution in [0.5, 0.6) is 17.2 Å². The molecule has 2 heterocycles. The third-order valence-electron chi connectivity index (χ3n) is 4.79. The van der Waals surface area contributed by atoms with Crippen molar-refractivity contribution in [3.63, 3.8) is 0 Å². The van der Waals surface area contributed by atoms with E-state index in [1.807, 2.05) is 6.07 Å². The molecule has 0 spiro atoms. The third-order valence-corrected chi connectivity index (χ3v) is 4.79. The molecule has 7 nitrogen and oxygen atoms in total. The van der Waals surface area contributed by atoms with Crippen LogP contribution in [0.2, 0.25) is 0 Å². The van der Waals surface area contributed by atoms with E-state index in [0.717, 1.165) is 0 Å². The predicted octanol–water partition coefficient (Wildman–Crippen LogP) is 4.01. The van der Waals surface area contributed by atoms with Crippen LogP contribution < -0.4 is 25.6 Å². The Bertz CT molecular complexity index is 1290. The summed E-state index contributed by atoms with van der Waals surface area (Å²) < 4.78 is 46.5. The van der Waals surface area contributed by atoms with Crippen LogP contribution in [0.15, 0.2) is 63.1 Å². The van der Waals surface area contributed by atoms with Gasteiger partial charge in [0.15, 0.2) is 17.2 Å². The van der Waals surface area contributed by atoms with E-state index in [9.17, 15) is 18.8 Å². The van der Waals surface area contributed by atoms with Gasteiger partial charge >= 0.3 is 12.2 Å². The number of benzene rings is 2. The Labute approximate surface area is 174 Å². The van der Waals surface area contributed by atoms with Gasteiger partial charge in [-0.2, -0.15) is 14.0 Å². The largest absolute Gasteiger partial charge is 0.490 e. The Kier molecular flexibility index (Phi) is 5.21. The molecule has 0 saturated carbocycles. The van der Waals surface area contributed by atoms with Crippen molar-refractivity contribution in [3.05, 3.63) is 75.5 Å². The molecule has 2 aromatic carbocycles. The summed E-state index contributed by atoms with van der Waals surface area (Å²) >= 11 is 0. The molecule has 0 radical (unpaired) electrons. The van der Waals surface area contributed by atoms with Gasteiger partial charge in [-0.05, 0) is 36.8 Å². The lowest BCUT2D eigenvalue weighted by Gasteiger charge is -2.26. The molecule has 0 fully saturated rings. The molecule has 1 aromatic heterocycles. The second-order valence-corrected chi connectivity index (χ2v) is 6.57. The average molecular weight is 426 g/mol. The van der Waals surface area contributed by atoms with Crippen molar-refractivity contribution in [2.75, 3.05) is 6.61 Å². The van der Waals surface area contributed by atoms with Crippen molar-refractivity contribution in [3.8, 4) is 23.3 Å². The molecule has 31 heavy (non-hydrogen) atoms. The molecule has 4 rings (SSSR count). The number of halogens is 2. The molecular weight excluding hydrogens is 410 g/mol. The lowest BCUT2D eigenvalue weighted by Crippen LogP contribution is -2.26. The van der Waals surface area contributed by atoms with E-state index in [-0.39, 0.29) is 40.9 Å². The van der Waals surface area contributed by atoms with E-state index in [1.54, 1.807) is 31.2 Å². The SMILES string of the molecule is CCOc1cc(C2C(C#N)=C(N)Oc3c2c(=O)oc2ccccc32)ccc1OC(F)F. The van der Waals surface area contributed by atoms with E-state index in [2.05, 4.69) is 4.74 Å². The summed E-state index contributed by atoms with van der Waals surface area (Å²) in [5, 5.41) is 10.2. The van der Waals surface area contributed by atoms with Gasteiger partial charge in [0, 0.05) is 0 Å². The minimum atomic E-state index is -3.04. The fourth-order valence-electron chi connectivity index (χ4n) is 3.57. The van der Waals surface area contributed by atoms with Gasteiger partial charge in [-0.1, -0.05) is 18.2 Å². The molecule has 9 heteroatoms. The van der Waals surface area contributed by atoms with Crippen molar-refractivity contribution in [2.24, 2.45) is 5.73 Å². The minimum absolute atomic E-state index is 0.0138. The molecule has 0 aliphatic carbocycles. The number of fused-ring (bicyclic) bond motifs is 3. The Hall–Kier alpha value is -4.06. The van der Waals surface area contributed by atoms with Crippen LogP contribution in [-0.4, -0.2) is 13.2 Å². The minimum Gasteiger partial charge on any atom is -0.490 e. The van der Waals surface area contributed by atoms with Crippen LogP contribution >= 0.6 is 0 Å². The van der Waals surface area contributed by atoms with Crippen LogP contribution in [-0.2, 0) is 0 Å². The number of nitrogens with zero attached hydrogens (tertiary/aromatic N) is 1. The second-order valence-electron chi connectivity index (χ2n) is 6.57. The first-order valence-corrected chi connectivity index (χ1v) is 9.29. The van der Waals surface area contributed by atoms with Crippen molar-refractivity contribution >= 4 is 11.0 Å². The van der Waals surface area contributed by atoms with Gasteiger partial charge in [-0.25, -0.2) is 4.79 Å². The van der Waals surface area contributed by atoms with Gasteiger partial charge in [0.05, 0.1) is 23.5 Å². The normalized spacial score (nSPS) is 15.4. The summed E-state index contributed by atoms with van der Waals surface area (Å²) in [5.41, 5.74) is 6.07. The van der Waals surface area contributed by atoms with Crippen molar-refractivity contribution in [1.82, 2.24) is 0 Å². The highest BCUT2D eigenvalue weighted by Crippen LogP contribution is 2.45. The average Bonchev–Trinajstić information content (AvgIpc) is 2.74. The Morgan fingerprint density at radius 1 is 1.23 bits per heavy atom. The number of para-hydroxylation sites is 1. The van der Waals surface area contributed by atoms with E-state index in [1.165, 1.54) is 18.2 Å². The fraction of sp³-hybridized carbons (Fsp3) is 0.182. The number of alkyl halides is 2. The summed E-state index contributed by atoms with van der Waals surface area (Å²) in [7, 11) is 0. The molecule has 0 saturated heterocycles. The molecule has 1 aliphatic heterocycles. The molecule has 1 atom stereocenters. The zero-order chi connectivity index (χ0) is 22.1. The van der Waals surface area contributed by atoms with Crippen molar-refractivity contribution < 1.29 is 27.4 Å². The van der Waals surface area contributed by atoms with Gasteiger partial charge in [-0.15, -0.1) is 0 Å². The summed E-state index contributed by atoms with van der Waals surface area (Å²) in [4.78, 5) is 12.9. The molecule has 3 aromatic rings. The first-order valence-electron chi connectivity index (χ1n) is 9.29. The lowest BCUT2D eigenvalue weighted by atomic mass is 9.83. The lowest BCUT2D eigenvalue weighted by molar-refractivity contribution is -0.0514. The highest BCUT2D eigenvalue weighted by molar-refractivity contribution is 5.86. The molecular formula is C22H16F2N2O5. The maximum Gasteiger partial charge on any atom is 0.387 e. The molecule has 0 amide bonds. The van der Waals surface area contributed by atoms with E-state index >= 15 is 0 Å². The zero-order valence-corrected chi connectivity index (χ0v) is 16.2. The number of hydrogen-bond donors (Lipinski definition) is 1. The fourth-order valence-corrected chi connectivity index (χ4v) is 3.57. The predicted molar refractivity (Wildman–Crippen MR) is 106 cm³/mol. The third kappa shape index (κ3) is 3.53. The number of nitriles is 1. The maximum atomic E-state index is 12.9. The monoisotopic (exact) mass is 426 g/mol. The second kappa shape index (κ2) is 7.99. The van der Waals surface area contributed by atoms with Crippen LogP contribution in [0, 0.1) is 11.3 Å². The Balaban J connectivity index is 1.96. The number of nitrogens with two attached hydrogens (primary N) is 1. The van der Waals surface area contributed by atoms with Gasteiger partial charge in [0.2, 0.25) is 5.88 Å². The van der Waals surface area contributed by atoms with Gasteiger partial charge in [0.1, 0.15) is 17.2 Å².